The number of thioether (sulfide) groups is 2. The predicted octanol–water partition coefficient (Wildman–Crippen LogP) is 2.55. The first-order valence-corrected chi connectivity index (χ1v) is 8.32. The monoisotopic (exact) mass is 322 g/mol. The Labute approximate surface area is 112 Å². The van der Waals surface area contributed by atoms with Gasteiger partial charge in [0.05, 0.1) is 16.4 Å². The number of rotatable bonds is 3. The number of halogens is 1. The lowest BCUT2D eigenvalue weighted by molar-refractivity contribution is 0.168. The highest BCUT2D eigenvalue weighted by molar-refractivity contribution is 9.10. The molecule has 1 saturated heterocycles. The van der Waals surface area contributed by atoms with Gasteiger partial charge in [0.25, 0.3) is 0 Å². The van der Waals surface area contributed by atoms with Crippen LogP contribution < -0.4 is 0 Å². The molecule has 0 bridgehead atoms. The Morgan fingerprint density at radius 2 is 2.50 bits per heavy atom. The van der Waals surface area contributed by atoms with E-state index < -0.39 is 6.10 Å². The van der Waals surface area contributed by atoms with Crippen molar-refractivity contribution in [1.82, 2.24) is 9.78 Å². The molecular weight excluding hydrogens is 308 g/mol. The van der Waals surface area contributed by atoms with Gasteiger partial charge in [0.1, 0.15) is 6.10 Å². The third-order valence-corrected chi connectivity index (χ3v) is 6.07. The van der Waals surface area contributed by atoms with Crippen LogP contribution in [0.5, 0.6) is 0 Å². The molecule has 0 radical (unpaired) electrons. The minimum atomic E-state index is -0.422. The third-order valence-electron chi connectivity index (χ3n) is 2.61. The lowest BCUT2D eigenvalue weighted by Crippen LogP contribution is -2.24. The summed E-state index contributed by atoms with van der Waals surface area (Å²) in [6.45, 7) is 2.83. The van der Waals surface area contributed by atoms with Crippen LogP contribution in [0, 0.1) is 0 Å². The van der Waals surface area contributed by atoms with Crippen molar-refractivity contribution in [3.05, 3.63) is 16.4 Å². The Kier molecular flexibility index (Phi) is 4.64. The van der Waals surface area contributed by atoms with E-state index in [1.54, 1.807) is 6.20 Å². The topological polar surface area (TPSA) is 38.0 Å². The number of aliphatic hydroxyl groups excluding tert-OH is 1. The minimum Gasteiger partial charge on any atom is -0.386 e. The summed E-state index contributed by atoms with van der Waals surface area (Å²) >= 11 is 7.25. The fraction of sp³-hybridized carbons (Fsp3) is 0.700. The molecular formula is C10H15BrN2OS2. The summed E-state index contributed by atoms with van der Waals surface area (Å²) in [6, 6.07) is 0. The van der Waals surface area contributed by atoms with Crippen molar-refractivity contribution in [2.75, 3.05) is 17.3 Å². The number of aryl methyl sites for hydroxylation is 1. The molecule has 0 spiro atoms. The summed E-state index contributed by atoms with van der Waals surface area (Å²) in [7, 11) is 0. The van der Waals surface area contributed by atoms with Crippen LogP contribution in [0.25, 0.3) is 0 Å². The van der Waals surface area contributed by atoms with Gasteiger partial charge in [-0.2, -0.15) is 28.6 Å². The van der Waals surface area contributed by atoms with Crippen molar-refractivity contribution in [3.8, 4) is 0 Å². The van der Waals surface area contributed by atoms with Crippen molar-refractivity contribution >= 4 is 39.5 Å². The number of aromatic nitrogens is 2. The van der Waals surface area contributed by atoms with Crippen LogP contribution in [-0.2, 0) is 6.54 Å². The Hall–Kier alpha value is 0.350. The van der Waals surface area contributed by atoms with Gasteiger partial charge in [0, 0.05) is 29.1 Å². The van der Waals surface area contributed by atoms with Gasteiger partial charge in [-0.15, -0.1) is 0 Å². The van der Waals surface area contributed by atoms with Gasteiger partial charge in [-0.05, 0) is 22.9 Å². The lowest BCUT2D eigenvalue weighted by Gasteiger charge is -2.26. The number of hydrogen-bond acceptors (Lipinski definition) is 4. The van der Waals surface area contributed by atoms with Crippen LogP contribution in [0.1, 0.15) is 18.7 Å². The maximum atomic E-state index is 10.4. The second-order valence-electron chi connectivity index (χ2n) is 3.62. The van der Waals surface area contributed by atoms with Crippen LogP contribution in [0.4, 0.5) is 0 Å². The number of hydrogen-bond donors (Lipinski definition) is 1. The molecule has 0 amide bonds. The van der Waals surface area contributed by atoms with E-state index in [9.17, 15) is 5.11 Å². The highest BCUT2D eigenvalue weighted by Crippen LogP contribution is 2.35. The summed E-state index contributed by atoms with van der Waals surface area (Å²) in [6.07, 6.45) is 1.34. The highest BCUT2D eigenvalue weighted by atomic mass is 79.9. The van der Waals surface area contributed by atoms with E-state index in [-0.39, 0.29) is 5.25 Å². The van der Waals surface area contributed by atoms with Crippen LogP contribution in [0.15, 0.2) is 10.7 Å². The standard InChI is InChI=1S/C10H15BrN2OS2/c1-2-13-9(7(11)5-12-13)10(14)8-6-15-3-4-16-8/h5,8,10,14H,2-4,6H2,1H3. The van der Waals surface area contributed by atoms with E-state index in [1.807, 2.05) is 35.1 Å². The van der Waals surface area contributed by atoms with Gasteiger partial charge in [-0.3, -0.25) is 4.68 Å². The quantitative estimate of drug-likeness (QED) is 0.928. The Morgan fingerprint density at radius 3 is 3.12 bits per heavy atom. The Bertz CT molecular complexity index is 353. The molecule has 2 rings (SSSR count). The zero-order valence-corrected chi connectivity index (χ0v) is 12.3. The van der Waals surface area contributed by atoms with Gasteiger partial charge >= 0.3 is 0 Å². The maximum absolute atomic E-state index is 10.4. The molecule has 2 unspecified atom stereocenters. The molecule has 0 saturated carbocycles. The number of aliphatic hydroxyl groups is 1. The average molecular weight is 323 g/mol. The van der Waals surface area contributed by atoms with E-state index in [0.717, 1.165) is 28.2 Å². The zero-order chi connectivity index (χ0) is 11.5. The molecule has 1 aliphatic rings. The molecule has 1 fully saturated rings. The van der Waals surface area contributed by atoms with Gasteiger partial charge in [0.2, 0.25) is 0 Å². The molecule has 1 aromatic rings. The number of nitrogens with zero attached hydrogens (tertiary/aromatic N) is 2. The summed E-state index contributed by atoms with van der Waals surface area (Å²) < 4.78 is 2.78. The van der Waals surface area contributed by atoms with Gasteiger partial charge in [-0.25, -0.2) is 0 Å². The molecule has 1 N–H and O–H groups in total. The Morgan fingerprint density at radius 1 is 1.69 bits per heavy atom. The molecule has 1 aromatic heterocycles. The van der Waals surface area contributed by atoms with Crippen LogP contribution in [0.3, 0.4) is 0 Å². The third kappa shape index (κ3) is 2.60. The van der Waals surface area contributed by atoms with Crippen LogP contribution >= 0.6 is 39.5 Å². The summed E-state index contributed by atoms with van der Waals surface area (Å²) in [5.74, 6) is 3.35. The smallest absolute Gasteiger partial charge is 0.109 e. The molecule has 0 aliphatic carbocycles. The molecule has 2 heterocycles. The molecule has 1 aliphatic heterocycles. The second kappa shape index (κ2) is 5.80. The molecule has 2 atom stereocenters. The van der Waals surface area contributed by atoms with E-state index in [4.69, 9.17) is 0 Å². The van der Waals surface area contributed by atoms with Gasteiger partial charge in [-0.1, -0.05) is 0 Å². The first kappa shape index (κ1) is 12.8. The van der Waals surface area contributed by atoms with Gasteiger partial charge < -0.3 is 5.11 Å². The van der Waals surface area contributed by atoms with E-state index in [2.05, 4.69) is 21.0 Å². The van der Waals surface area contributed by atoms with E-state index >= 15 is 0 Å². The normalized spacial score (nSPS) is 23.3. The summed E-state index contributed by atoms with van der Waals surface area (Å²) in [5.41, 5.74) is 0.919. The fourth-order valence-electron chi connectivity index (χ4n) is 1.78. The van der Waals surface area contributed by atoms with Crippen molar-refractivity contribution < 1.29 is 5.11 Å². The molecule has 90 valence electrons. The second-order valence-corrected chi connectivity index (χ2v) is 6.97. The van der Waals surface area contributed by atoms with Crippen molar-refractivity contribution in [2.45, 2.75) is 24.8 Å². The highest BCUT2D eigenvalue weighted by Gasteiger charge is 2.28. The lowest BCUT2D eigenvalue weighted by atomic mass is 10.2. The first-order valence-electron chi connectivity index (χ1n) is 5.32. The fourth-order valence-corrected chi connectivity index (χ4v) is 5.04. The summed E-state index contributed by atoms with van der Waals surface area (Å²) in [4.78, 5) is 0. The minimum absolute atomic E-state index is 0.289. The largest absolute Gasteiger partial charge is 0.386 e. The zero-order valence-electron chi connectivity index (χ0n) is 9.10. The molecule has 3 nitrogen and oxygen atoms in total. The van der Waals surface area contributed by atoms with Gasteiger partial charge in [0.15, 0.2) is 0 Å². The van der Waals surface area contributed by atoms with Crippen LogP contribution in [0.2, 0.25) is 0 Å². The maximum Gasteiger partial charge on any atom is 0.109 e. The van der Waals surface area contributed by atoms with Crippen molar-refractivity contribution in [3.63, 3.8) is 0 Å². The first-order chi connectivity index (χ1) is 7.74. The van der Waals surface area contributed by atoms with Crippen molar-refractivity contribution in [2.24, 2.45) is 0 Å². The van der Waals surface area contributed by atoms with E-state index in [1.165, 1.54) is 5.75 Å². The molecule has 16 heavy (non-hydrogen) atoms. The van der Waals surface area contributed by atoms with Crippen LogP contribution in [-0.4, -0.2) is 37.4 Å². The van der Waals surface area contributed by atoms with E-state index in [0.29, 0.717) is 0 Å². The average Bonchev–Trinajstić information content (AvgIpc) is 2.70. The predicted molar refractivity (Wildman–Crippen MR) is 74.1 cm³/mol. The summed E-state index contributed by atoms with van der Waals surface area (Å²) in [5, 5.41) is 14.9. The van der Waals surface area contributed by atoms with Crippen molar-refractivity contribution in [1.29, 1.82) is 0 Å². The Balaban J connectivity index is 2.18. The molecule has 6 heteroatoms. The molecule has 0 aromatic carbocycles. The SMILES string of the molecule is CCn1ncc(Br)c1C(O)C1CSCCS1.